The van der Waals surface area contributed by atoms with Crippen molar-refractivity contribution in [2.75, 3.05) is 7.11 Å². The zero-order chi connectivity index (χ0) is 23.4. The first-order valence-electron chi connectivity index (χ1n) is 9.87. The van der Waals surface area contributed by atoms with Gasteiger partial charge in [0.1, 0.15) is 23.1 Å². The van der Waals surface area contributed by atoms with E-state index in [0.29, 0.717) is 11.4 Å². The van der Waals surface area contributed by atoms with Gasteiger partial charge in [-0.3, -0.25) is 9.59 Å². The summed E-state index contributed by atoms with van der Waals surface area (Å²) in [6.07, 6.45) is 1.49. The summed E-state index contributed by atoms with van der Waals surface area (Å²) < 4.78 is 6.28. The minimum absolute atomic E-state index is 0.105. The third kappa shape index (κ3) is 4.01. The second kappa shape index (κ2) is 9.04. The van der Waals surface area contributed by atoms with Gasteiger partial charge in [-0.05, 0) is 36.6 Å². The van der Waals surface area contributed by atoms with E-state index >= 15 is 0 Å². The molecule has 1 heterocycles. The van der Waals surface area contributed by atoms with Gasteiger partial charge in [-0.15, -0.1) is 0 Å². The van der Waals surface area contributed by atoms with Gasteiger partial charge in [-0.1, -0.05) is 42.5 Å². The molecule has 160 valence electrons. The van der Waals surface area contributed by atoms with Crippen LogP contribution in [-0.2, 0) is 0 Å². The summed E-state index contributed by atoms with van der Waals surface area (Å²) in [5.41, 5.74) is 2.68. The molecule has 0 radical (unpaired) electrons. The third-order valence-electron chi connectivity index (χ3n) is 5.02. The molecule has 1 aromatic heterocycles. The molecule has 0 spiro atoms. The molecule has 0 fully saturated rings. The van der Waals surface area contributed by atoms with Crippen molar-refractivity contribution in [3.63, 3.8) is 0 Å². The second-order valence-electron chi connectivity index (χ2n) is 6.96. The molecule has 4 rings (SSSR count). The molecule has 0 unspecified atom stereocenters. The van der Waals surface area contributed by atoms with Crippen molar-refractivity contribution in [3.05, 3.63) is 99.5 Å². The van der Waals surface area contributed by atoms with E-state index in [2.05, 4.69) is 27.8 Å². The fraction of sp³-hybridized carbons (Fsp3) is 0.0800. The molecule has 4 aromatic rings. The van der Waals surface area contributed by atoms with Crippen LogP contribution in [0.25, 0.3) is 16.5 Å². The maximum absolute atomic E-state index is 12.9. The summed E-state index contributed by atoms with van der Waals surface area (Å²) in [5, 5.41) is 19.6. The number of benzene rings is 2. The summed E-state index contributed by atoms with van der Waals surface area (Å²) in [6.45, 7) is 1.49. The lowest BCUT2D eigenvalue weighted by atomic mass is 10.1. The first-order valence-corrected chi connectivity index (χ1v) is 9.87. The van der Waals surface area contributed by atoms with Gasteiger partial charge in [0.25, 0.3) is 11.5 Å². The van der Waals surface area contributed by atoms with Crippen molar-refractivity contribution in [2.24, 2.45) is 5.10 Å². The number of methoxy groups -OCH3 is 1. The number of amides is 1. The minimum Gasteiger partial charge on any atom is -0.494 e. The molecule has 0 saturated carbocycles. The predicted octanol–water partition coefficient (Wildman–Crippen LogP) is 2.94. The van der Waals surface area contributed by atoms with E-state index in [0.717, 1.165) is 21.0 Å². The predicted molar refractivity (Wildman–Crippen MR) is 123 cm³/mol. The number of para-hydroxylation sites is 2. The summed E-state index contributed by atoms with van der Waals surface area (Å²) in [4.78, 5) is 25.7. The zero-order valence-electron chi connectivity index (χ0n) is 17.8. The van der Waals surface area contributed by atoms with Gasteiger partial charge < -0.3 is 4.74 Å². The van der Waals surface area contributed by atoms with Crippen LogP contribution in [0.4, 0.5) is 0 Å². The Morgan fingerprint density at radius 1 is 1.24 bits per heavy atom. The van der Waals surface area contributed by atoms with Crippen molar-refractivity contribution < 1.29 is 9.53 Å². The van der Waals surface area contributed by atoms with Crippen molar-refractivity contribution in [1.82, 2.24) is 15.2 Å². The number of carbonyl (C=O) groups is 1. The molecule has 33 heavy (non-hydrogen) atoms. The lowest BCUT2D eigenvalue weighted by Gasteiger charge is -2.13. The number of aromatic nitrogens is 2. The van der Waals surface area contributed by atoms with Gasteiger partial charge >= 0.3 is 0 Å². The molecule has 3 aromatic carbocycles. The Kier molecular flexibility index (Phi) is 5.83. The van der Waals surface area contributed by atoms with E-state index in [9.17, 15) is 14.9 Å². The molecule has 8 heteroatoms. The number of hydrazone groups is 1. The number of hydrogen-bond acceptors (Lipinski definition) is 6. The molecule has 8 nitrogen and oxygen atoms in total. The number of nitrogens with zero attached hydrogens (tertiary/aromatic N) is 4. The van der Waals surface area contributed by atoms with Crippen LogP contribution >= 0.6 is 0 Å². The highest BCUT2D eigenvalue weighted by Crippen LogP contribution is 2.21. The molecule has 0 aliphatic carbocycles. The number of hydrogen-bond donors (Lipinski definition) is 1. The van der Waals surface area contributed by atoms with Gasteiger partial charge in [0, 0.05) is 16.5 Å². The zero-order valence-corrected chi connectivity index (χ0v) is 17.8. The van der Waals surface area contributed by atoms with Crippen molar-refractivity contribution in [3.8, 4) is 17.5 Å². The average molecular weight is 435 g/mol. The fourth-order valence-corrected chi connectivity index (χ4v) is 3.35. The Morgan fingerprint density at radius 2 is 2.00 bits per heavy atom. The van der Waals surface area contributed by atoms with E-state index < -0.39 is 11.5 Å². The van der Waals surface area contributed by atoms with Crippen LogP contribution in [-0.4, -0.2) is 29.0 Å². The van der Waals surface area contributed by atoms with E-state index in [4.69, 9.17) is 4.74 Å². The number of nitrogens with one attached hydrogen (secondary N) is 1. The van der Waals surface area contributed by atoms with Gasteiger partial charge in [0.2, 0.25) is 0 Å². The first-order chi connectivity index (χ1) is 16.0. The van der Waals surface area contributed by atoms with Gasteiger partial charge in [0.05, 0.1) is 13.3 Å². The van der Waals surface area contributed by atoms with Crippen molar-refractivity contribution in [2.45, 2.75) is 6.92 Å². The van der Waals surface area contributed by atoms with Crippen LogP contribution in [0, 0.1) is 30.4 Å². The third-order valence-corrected chi connectivity index (χ3v) is 5.02. The smallest absolute Gasteiger partial charge is 0.292 e. The largest absolute Gasteiger partial charge is 0.494 e. The van der Waals surface area contributed by atoms with Crippen LogP contribution in [0.15, 0.2) is 64.5 Å². The summed E-state index contributed by atoms with van der Waals surface area (Å²) in [7, 11) is 1.45. The van der Waals surface area contributed by atoms with Crippen molar-refractivity contribution in [1.29, 1.82) is 5.26 Å². The normalized spacial score (nSPS) is 10.6. The molecule has 0 bridgehead atoms. The number of nitriles is 1. The molecule has 0 aliphatic heterocycles. The highest BCUT2D eigenvalue weighted by atomic mass is 16.5. The van der Waals surface area contributed by atoms with Crippen LogP contribution in [0.2, 0.25) is 0 Å². The summed E-state index contributed by atoms with van der Waals surface area (Å²) in [6, 6.07) is 23.8. The Hall–Kier alpha value is -4.95. The average Bonchev–Trinajstić information content (AvgIpc) is 2.84. The standard InChI is InChI=1S/C25H17N5O3/c1-16-20(14-26)25(32)30(21-12-5-6-13-22(21)33-2)29-23(16)24(31)28-27-15-18-10-7-9-17-8-3-4-11-19(17)18/h3-6,8,10-13,15H,1-2H3,(H,28,31)/b27-15+. The number of ether oxygens (including phenoxy) is 1. The number of carbonyl (C=O) groups excluding carboxylic acids is 1. The van der Waals surface area contributed by atoms with Gasteiger partial charge in [0.15, 0.2) is 5.69 Å². The fourth-order valence-electron chi connectivity index (χ4n) is 3.35. The molecular formula is C25H17N5O3. The Morgan fingerprint density at radius 3 is 2.79 bits per heavy atom. The molecule has 1 amide bonds. The molecule has 0 aliphatic rings. The maximum Gasteiger partial charge on any atom is 0.292 e. The van der Waals surface area contributed by atoms with E-state index in [1.807, 2.05) is 30.3 Å². The molecule has 0 atom stereocenters. The van der Waals surface area contributed by atoms with E-state index in [1.165, 1.54) is 20.2 Å². The summed E-state index contributed by atoms with van der Waals surface area (Å²) >= 11 is 0. The monoisotopic (exact) mass is 435 g/mol. The Labute approximate surface area is 189 Å². The van der Waals surface area contributed by atoms with Crippen LogP contribution < -0.4 is 15.7 Å². The van der Waals surface area contributed by atoms with Crippen LogP contribution in [0.5, 0.6) is 5.75 Å². The number of fused-ring (bicyclic) bond motifs is 1. The lowest BCUT2D eigenvalue weighted by molar-refractivity contribution is 0.0947. The molecule has 0 saturated heterocycles. The topological polar surface area (TPSA) is 109 Å². The van der Waals surface area contributed by atoms with Crippen molar-refractivity contribution >= 4 is 22.9 Å². The van der Waals surface area contributed by atoms with E-state index in [1.54, 1.807) is 30.3 Å². The first kappa shape index (κ1) is 21.3. The van der Waals surface area contributed by atoms with Crippen LogP contribution in [0.3, 0.4) is 0 Å². The second-order valence-corrected chi connectivity index (χ2v) is 6.96. The van der Waals surface area contributed by atoms with E-state index in [-0.39, 0.29) is 16.8 Å². The van der Waals surface area contributed by atoms with Crippen LogP contribution in [0.1, 0.15) is 27.2 Å². The maximum atomic E-state index is 12.9. The number of rotatable bonds is 5. The summed E-state index contributed by atoms with van der Waals surface area (Å²) in [5.74, 6) is -0.298. The highest BCUT2D eigenvalue weighted by Gasteiger charge is 2.21. The molecule has 1 N–H and O–H groups in total. The quantitative estimate of drug-likeness (QED) is 0.383. The Bertz CT molecular complexity index is 1490. The van der Waals surface area contributed by atoms with Gasteiger partial charge in [-0.2, -0.15) is 20.1 Å². The lowest BCUT2D eigenvalue weighted by Crippen LogP contribution is -2.31. The Balaban J connectivity index is 1.71. The molecular weight excluding hydrogens is 418 g/mol. The highest BCUT2D eigenvalue weighted by molar-refractivity contribution is 6.00. The SMILES string of the molecule is COc1ccccc1-n1nc(C(=O)N/N=C/c2cc#cc3ccccc23)c(C)c(C#N)c1=O. The van der Waals surface area contributed by atoms with Gasteiger partial charge in [-0.25, -0.2) is 5.43 Å². The minimum atomic E-state index is -0.667.